The number of aliphatic hydroxyl groups is 1. The molecule has 2 saturated heterocycles. The van der Waals surface area contributed by atoms with E-state index in [-0.39, 0.29) is 11.9 Å². The fourth-order valence-electron chi connectivity index (χ4n) is 3.63. The number of halogens is 1. The van der Waals surface area contributed by atoms with Crippen molar-refractivity contribution < 1.29 is 23.8 Å². The van der Waals surface area contributed by atoms with Crippen LogP contribution in [0.1, 0.15) is 38.9 Å². The van der Waals surface area contributed by atoms with Crippen molar-refractivity contribution in [3.8, 4) is 0 Å². The summed E-state index contributed by atoms with van der Waals surface area (Å²) in [6.07, 6.45) is -1.02. The maximum absolute atomic E-state index is 13.4. The van der Waals surface area contributed by atoms with E-state index in [4.69, 9.17) is 4.74 Å². The molecule has 1 unspecified atom stereocenters. The Balaban J connectivity index is 1.68. The highest BCUT2D eigenvalue weighted by Crippen LogP contribution is 2.36. The van der Waals surface area contributed by atoms with Crippen LogP contribution in [0.4, 0.5) is 9.18 Å². The Morgan fingerprint density at radius 2 is 2.08 bits per heavy atom. The van der Waals surface area contributed by atoms with Crippen LogP contribution in [0.5, 0.6) is 0 Å². The van der Waals surface area contributed by atoms with Gasteiger partial charge in [-0.15, -0.1) is 0 Å². The zero-order valence-corrected chi connectivity index (χ0v) is 15.3. The van der Waals surface area contributed by atoms with Gasteiger partial charge in [0, 0.05) is 19.6 Å². The van der Waals surface area contributed by atoms with E-state index >= 15 is 0 Å². The first-order valence-corrected chi connectivity index (χ1v) is 8.87. The van der Waals surface area contributed by atoms with Gasteiger partial charge in [-0.25, -0.2) is 9.18 Å². The lowest BCUT2D eigenvalue weighted by Crippen LogP contribution is -2.54. The number of ether oxygens (including phenoxy) is 1. The van der Waals surface area contributed by atoms with Gasteiger partial charge in [0.05, 0.1) is 18.1 Å². The zero-order valence-electron chi connectivity index (χ0n) is 15.3. The highest BCUT2D eigenvalue weighted by atomic mass is 19.1. The molecule has 0 saturated carbocycles. The summed E-state index contributed by atoms with van der Waals surface area (Å²) < 4.78 is 18.8. The monoisotopic (exact) mass is 364 g/mol. The first-order valence-electron chi connectivity index (χ1n) is 8.87. The van der Waals surface area contributed by atoms with Gasteiger partial charge in [0.25, 0.3) is 0 Å². The highest BCUT2D eigenvalue weighted by molar-refractivity contribution is 5.83. The molecule has 2 aliphatic rings. The largest absolute Gasteiger partial charge is 0.444 e. The summed E-state index contributed by atoms with van der Waals surface area (Å²) >= 11 is 0. The molecular weight excluding hydrogens is 339 g/mol. The van der Waals surface area contributed by atoms with Crippen LogP contribution >= 0.6 is 0 Å². The van der Waals surface area contributed by atoms with Gasteiger partial charge in [-0.05, 0) is 44.9 Å². The number of carbonyl (C=O) groups is 2. The summed E-state index contributed by atoms with van der Waals surface area (Å²) in [7, 11) is 0. The summed E-state index contributed by atoms with van der Waals surface area (Å²) in [6, 6.07) is 5.53. The van der Waals surface area contributed by atoms with E-state index in [0.717, 1.165) is 0 Å². The molecule has 0 spiro atoms. The van der Waals surface area contributed by atoms with Crippen molar-refractivity contribution in [1.82, 2.24) is 9.80 Å². The average Bonchev–Trinajstić information content (AvgIpc) is 2.89. The lowest BCUT2D eigenvalue weighted by atomic mass is 9.93. The van der Waals surface area contributed by atoms with Crippen molar-refractivity contribution >= 4 is 12.0 Å². The molecule has 0 radical (unpaired) electrons. The van der Waals surface area contributed by atoms with Gasteiger partial charge in [-0.1, -0.05) is 12.1 Å². The predicted octanol–water partition coefficient (Wildman–Crippen LogP) is 2.33. The molecule has 2 fully saturated rings. The average molecular weight is 364 g/mol. The molecule has 1 aromatic carbocycles. The highest BCUT2D eigenvalue weighted by Gasteiger charge is 2.46. The van der Waals surface area contributed by atoms with Crippen molar-refractivity contribution in [1.29, 1.82) is 0 Å². The summed E-state index contributed by atoms with van der Waals surface area (Å²) in [4.78, 5) is 28.3. The van der Waals surface area contributed by atoms with Gasteiger partial charge in [0.2, 0.25) is 5.91 Å². The Bertz CT molecular complexity index is 703. The van der Waals surface area contributed by atoms with Gasteiger partial charge in [0.15, 0.2) is 0 Å². The molecule has 2 heterocycles. The molecule has 1 aromatic rings. The first kappa shape index (κ1) is 18.6. The number of amides is 2. The molecule has 1 N–H and O–H groups in total. The normalized spacial score (nSPS) is 24.4. The van der Waals surface area contributed by atoms with E-state index in [0.29, 0.717) is 31.6 Å². The SMILES string of the molecule is CC(C)(C)OC(=O)N1CCN2C(=O)[C@@H](C(O)c3cccc(F)c3)C[C@H]2C1. The second kappa shape index (κ2) is 6.87. The number of piperazine rings is 1. The van der Waals surface area contributed by atoms with Gasteiger partial charge in [0.1, 0.15) is 11.4 Å². The van der Waals surface area contributed by atoms with Crippen LogP contribution in [0.25, 0.3) is 0 Å². The number of hydrogen-bond donors (Lipinski definition) is 1. The molecule has 6 nitrogen and oxygen atoms in total. The smallest absolute Gasteiger partial charge is 0.410 e. The van der Waals surface area contributed by atoms with Gasteiger partial charge < -0.3 is 19.6 Å². The Morgan fingerprint density at radius 1 is 1.35 bits per heavy atom. The zero-order chi connectivity index (χ0) is 19.1. The fourth-order valence-corrected chi connectivity index (χ4v) is 3.63. The maximum atomic E-state index is 13.4. The Morgan fingerprint density at radius 3 is 2.73 bits per heavy atom. The molecule has 3 rings (SSSR count). The summed E-state index contributed by atoms with van der Waals surface area (Å²) in [5, 5.41) is 10.6. The molecular formula is C19H25FN2O4. The number of nitrogens with zero attached hydrogens (tertiary/aromatic N) is 2. The van der Waals surface area contributed by atoms with Crippen LogP contribution in [0.3, 0.4) is 0 Å². The topological polar surface area (TPSA) is 70.1 Å². The summed E-state index contributed by atoms with van der Waals surface area (Å²) in [6.45, 7) is 6.63. The standard InChI is InChI=1S/C19H25FN2O4/c1-19(2,3)26-18(25)21-7-8-22-14(11-21)10-15(17(22)24)16(23)12-5-4-6-13(20)9-12/h4-6,9,14-16,23H,7-8,10-11H2,1-3H3/t14-,15+,16?/m0/s1. The summed E-state index contributed by atoms with van der Waals surface area (Å²) in [5.41, 5.74) is -0.178. The Hall–Kier alpha value is -2.15. The van der Waals surface area contributed by atoms with Crippen LogP contribution in [-0.4, -0.2) is 58.2 Å². The molecule has 26 heavy (non-hydrogen) atoms. The van der Waals surface area contributed by atoms with Crippen molar-refractivity contribution in [3.63, 3.8) is 0 Å². The van der Waals surface area contributed by atoms with Crippen LogP contribution in [0, 0.1) is 11.7 Å². The second-order valence-electron chi connectivity index (χ2n) is 7.95. The minimum Gasteiger partial charge on any atom is -0.444 e. The van der Waals surface area contributed by atoms with E-state index in [1.54, 1.807) is 15.9 Å². The van der Waals surface area contributed by atoms with Crippen molar-refractivity contribution in [2.24, 2.45) is 5.92 Å². The quantitative estimate of drug-likeness (QED) is 0.874. The van der Waals surface area contributed by atoms with E-state index < -0.39 is 29.5 Å². The van der Waals surface area contributed by atoms with Crippen LogP contribution in [0.15, 0.2) is 24.3 Å². The third kappa shape index (κ3) is 3.82. The van der Waals surface area contributed by atoms with E-state index in [1.807, 2.05) is 20.8 Å². The van der Waals surface area contributed by atoms with Crippen molar-refractivity contribution in [3.05, 3.63) is 35.6 Å². The summed E-state index contributed by atoms with van der Waals surface area (Å²) in [5.74, 6) is -1.21. The third-order valence-corrected chi connectivity index (χ3v) is 4.83. The molecule has 3 atom stereocenters. The molecule has 0 bridgehead atoms. The minimum atomic E-state index is -1.06. The fraction of sp³-hybridized carbons (Fsp3) is 0.579. The number of aliphatic hydroxyl groups excluding tert-OH is 1. The van der Waals surface area contributed by atoms with Crippen LogP contribution in [0.2, 0.25) is 0 Å². The molecule has 7 heteroatoms. The van der Waals surface area contributed by atoms with Gasteiger partial charge in [-0.3, -0.25) is 4.79 Å². The number of hydrogen-bond acceptors (Lipinski definition) is 4. The van der Waals surface area contributed by atoms with Crippen LogP contribution < -0.4 is 0 Å². The van der Waals surface area contributed by atoms with E-state index in [2.05, 4.69) is 0 Å². The maximum Gasteiger partial charge on any atom is 0.410 e. The number of rotatable bonds is 2. The molecule has 0 aliphatic carbocycles. The van der Waals surface area contributed by atoms with Crippen LogP contribution in [-0.2, 0) is 9.53 Å². The second-order valence-corrected chi connectivity index (χ2v) is 7.95. The molecule has 2 aliphatic heterocycles. The van der Waals surface area contributed by atoms with E-state index in [9.17, 15) is 19.1 Å². The number of benzene rings is 1. The Labute approximate surface area is 152 Å². The third-order valence-electron chi connectivity index (χ3n) is 4.83. The number of fused-ring (bicyclic) bond motifs is 1. The van der Waals surface area contributed by atoms with Crippen molar-refractivity contribution in [2.45, 2.75) is 44.9 Å². The molecule has 142 valence electrons. The van der Waals surface area contributed by atoms with Gasteiger partial charge >= 0.3 is 6.09 Å². The lowest BCUT2D eigenvalue weighted by molar-refractivity contribution is -0.136. The molecule has 0 aromatic heterocycles. The predicted molar refractivity (Wildman–Crippen MR) is 92.8 cm³/mol. The number of carbonyl (C=O) groups excluding carboxylic acids is 2. The van der Waals surface area contributed by atoms with Crippen molar-refractivity contribution in [2.75, 3.05) is 19.6 Å². The lowest BCUT2D eigenvalue weighted by Gasteiger charge is -2.38. The Kier molecular flexibility index (Phi) is 4.92. The first-order chi connectivity index (χ1) is 12.2. The van der Waals surface area contributed by atoms with E-state index in [1.165, 1.54) is 18.2 Å². The van der Waals surface area contributed by atoms with Gasteiger partial charge in [-0.2, -0.15) is 0 Å². The molecule has 2 amide bonds. The minimum absolute atomic E-state index is 0.143.